The molecular formula is C19H25N3OS. The molecule has 0 unspecified atom stereocenters. The lowest BCUT2D eigenvalue weighted by molar-refractivity contribution is -0.135. The molecule has 128 valence electrons. The summed E-state index contributed by atoms with van der Waals surface area (Å²) in [6.45, 7) is 5.96. The third kappa shape index (κ3) is 3.07. The van der Waals surface area contributed by atoms with Crippen LogP contribution in [0.5, 0.6) is 0 Å². The van der Waals surface area contributed by atoms with E-state index in [0.29, 0.717) is 11.8 Å². The molecule has 0 saturated carbocycles. The molecule has 0 aliphatic carbocycles. The predicted molar refractivity (Wildman–Crippen MR) is 98.4 cm³/mol. The second-order valence-corrected chi connectivity index (χ2v) is 8.12. The molecule has 2 aromatic rings. The average molecular weight is 343 g/mol. The molecule has 0 N–H and O–H groups in total. The summed E-state index contributed by atoms with van der Waals surface area (Å²) < 4.78 is 1.27. The molecular weight excluding hydrogens is 318 g/mol. The van der Waals surface area contributed by atoms with Gasteiger partial charge in [-0.2, -0.15) is 0 Å². The maximum atomic E-state index is 12.7. The summed E-state index contributed by atoms with van der Waals surface area (Å²) in [6, 6.07) is 8.37. The Labute approximate surface area is 147 Å². The van der Waals surface area contributed by atoms with Gasteiger partial charge in [0.2, 0.25) is 5.91 Å². The number of likely N-dealkylation sites (tertiary alicyclic amines) is 2. The van der Waals surface area contributed by atoms with Gasteiger partial charge >= 0.3 is 0 Å². The average Bonchev–Trinajstić information content (AvgIpc) is 3.30. The Morgan fingerprint density at radius 2 is 2.00 bits per heavy atom. The summed E-state index contributed by atoms with van der Waals surface area (Å²) in [6.07, 6.45) is 4.65. The van der Waals surface area contributed by atoms with E-state index in [1.165, 1.54) is 16.1 Å². The van der Waals surface area contributed by atoms with Crippen molar-refractivity contribution in [2.45, 2.75) is 44.6 Å². The number of rotatable bonds is 3. The molecule has 2 aliphatic rings. The van der Waals surface area contributed by atoms with Crippen LogP contribution in [0.25, 0.3) is 10.2 Å². The molecule has 1 aromatic heterocycles. The molecule has 2 fully saturated rings. The lowest BCUT2D eigenvalue weighted by Gasteiger charge is -2.36. The van der Waals surface area contributed by atoms with Crippen LogP contribution in [0.1, 0.15) is 43.5 Å². The quantitative estimate of drug-likeness (QED) is 0.856. The van der Waals surface area contributed by atoms with Crippen molar-refractivity contribution in [1.29, 1.82) is 0 Å². The number of benzene rings is 1. The number of carbonyl (C=O) groups excluding carboxylic acids is 1. The highest BCUT2D eigenvalue weighted by Gasteiger charge is 2.32. The van der Waals surface area contributed by atoms with Gasteiger partial charge in [-0.15, -0.1) is 11.3 Å². The lowest BCUT2D eigenvalue weighted by atomic mass is 9.97. The molecule has 0 bridgehead atoms. The van der Waals surface area contributed by atoms with Crippen LogP contribution in [0.4, 0.5) is 0 Å². The molecule has 1 aromatic carbocycles. The van der Waals surface area contributed by atoms with E-state index in [1.54, 1.807) is 0 Å². The Balaban J connectivity index is 1.47. The molecule has 0 spiro atoms. The van der Waals surface area contributed by atoms with E-state index in [0.717, 1.165) is 51.0 Å². The number of para-hydroxylation sites is 1. The molecule has 2 atom stereocenters. The second kappa shape index (κ2) is 6.81. The zero-order chi connectivity index (χ0) is 16.5. The van der Waals surface area contributed by atoms with Crippen LogP contribution >= 0.6 is 11.3 Å². The van der Waals surface area contributed by atoms with Crippen LogP contribution in [0.3, 0.4) is 0 Å². The van der Waals surface area contributed by atoms with Crippen molar-refractivity contribution in [3.05, 3.63) is 29.3 Å². The van der Waals surface area contributed by atoms with Gasteiger partial charge < -0.3 is 4.90 Å². The van der Waals surface area contributed by atoms with Gasteiger partial charge in [0.05, 0.1) is 21.3 Å². The number of amides is 1. The Hall–Kier alpha value is -1.46. The Morgan fingerprint density at radius 3 is 2.79 bits per heavy atom. The van der Waals surface area contributed by atoms with E-state index in [-0.39, 0.29) is 6.04 Å². The van der Waals surface area contributed by atoms with Gasteiger partial charge in [0.15, 0.2) is 0 Å². The summed E-state index contributed by atoms with van der Waals surface area (Å²) in [7, 11) is 0. The second-order valence-electron chi connectivity index (χ2n) is 7.06. The third-order valence-electron chi connectivity index (χ3n) is 5.44. The van der Waals surface area contributed by atoms with E-state index in [4.69, 9.17) is 4.98 Å². The number of hydrogen-bond donors (Lipinski definition) is 0. The smallest absolute Gasteiger partial charge is 0.239 e. The highest BCUT2D eigenvalue weighted by atomic mass is 32.1. The van der Waals surface area contributed by atoms with Gasteiger partial charge in [-0.3, -0.25) is 9.69 Å². The van der Waals surface area contributed by atoms with Crippen LogP contribution in [0.2, 0.25) is 0 Å². The van der Waals surface area contributed by atoms with E-state index in [9.17, 15) is 4.79 Å². The van der Waals surface area contributed by atoms with Crippen molar-refractivity contribution in [1.82, 2.24) is 14.8 Å². The summed E-state index contributed by atoms with van der Waals surface area (Å²) >= 11 is 1.82. The highest BCUT2D eigenvalue weighted by molar-refractivity contribution is 7.18. The minimum absolute atomic E-state index is 0.000258. The van der Waals surface area contributed by atoms with Gasteiger partial charge in [0.25, 0.3) is 0 Å². The maximum Gasteiger partial charge on any atom is 0.239 e. The minimum Gasteiger partial charge on any atom is -0.341 e. The molecule has 4 nitrogen and oxygen atoms in total. The van der Waals surface area contributed by atoms with Crippen molar-refractivity contribution >= 4 is 27.5 Å². The van der Waals surface area contributed by atoms with Crippen LogP contribution in [0, 0.1) is 0 Å². The van der Waals surface area contributed by atoms with Crippen molar-refractivity contribution < 1.29 is 4.79 Å². The first-order valence-electron chi connectivity index (χ1n) is 9.10. The number of aromatic nitrogens is 1. The van der Waals surface area contributed by atoms with Gasteiger partial charge in [-0.05, 0) is 51.3 Å². The Morgan fingerprint density at radius 1 is 1.21 bits per heavy atom. The fourth-order valence-electron chi connectivity index (χ4n) is 3.98. The summed E-state index contributed by atoms with van der Waals surface area (Å²) in [4.78, 5) is 22.0. The number of fused-ring (bicyclic) bond motifs is 1. The SMILES string of the molecule is C[C@H](C(=O)N1CCCC1)N1CCC[C@H](c2nc3ccccc3s2)C1. The van der Waals surface area contributed by atoms with Crippen molar-refractivity contribution in [3.8, 4) is 0 Å². The van der Waals surface area contributed by atoms with Crippen LogP contribution < -0.4 is 0 Å². The molecule has 5 heteroatoms. The Bertz CT molecular complexity index is 689. The Kier molecular flexibility index (Phi) is 4.55. The minimum atomic E-state index is 0.000258. The molecule has 2 aliphatic heterocycles. The molecule has 1 amide bonds. The van der Waals surface area contributed by atoms with Gasteiger partial charge in [0, 0.05) is 25.6 Å². The van der Waals surface area contributed by atoms with E-state index in [2.05, 4.69) is 36.1 Å². The largest absolute Gasteiger partial charge is 0.341 e. The summed E-state index contributed by atoms with van der Waals surface area (Å²) in [5.41, 5.74) is 1.11. The van der Waals surface area contributed by atoms with Crippen molar-refractivity contribution in [2.75, 3.05) is 26.2 Å². The maximum absolute atomic E-state index is 12.7. The van der Waals surface area contributed by atoms with Crippen LogP contribution in [0.15, 0.2) is 24.3 Å². The molecule has 3 heterocycles. The number of thiazole rings is 1. The number of hydrogen-bond acceptors (Lipinski definition) is 4. The number of carbonyl (C=O) groups is 1. The van der Waals surface area contributed by atoms with E-state index in [1.807, 2.05) is 16.2 Å². The normalized spacial score (nSPS) is 23.7. The van der Waals surface area contributed by atoms with Crippen LogP contribution in [-0.2, 0) is 4.79 Å². The third-order valence-corrected chi connectivity index (χ3v) is 6.63. The molecule has 2 saturated heterocycles. The first kappa shape index (κ1) is 16.0. The molecule has 0 radical (unpaired) electrons. The monoisotopic (exact) mass is 343 g/mol. The fourth-order valence-corrected chi connectivity index (χ4v) is 5.08. The summed E-state index contributed by atoms with van der Waals surface area (Å²) in [5, 5.41) is 1.24. The standard InChI is InChI=1S/C19H25N3OS/c1-14(19(23)21-10-4-5-11-21)22-12-6-7-15(13-22)18-20-16-8-2-3-9-17(16)24-18/h2-3,8-9,14-15H,4-7,10-13H2,1H3/t14-,15+/m1/s1. The highest BCUT2D eigenvalue weighted by Crippen LogP contribution is 2.33. The lowest BCUT2D eigenvalue weighted by Crippen LogP contribution is -2.49. The number of piperidine rings is 1. The van der Waals surface area contributed by atoms with E-state index >= 15 is 0 Å². The summed E-state index contributed by atoms with van der Waals surface area (Å²) in [5.74, 6) is 0.780. The fraction of sp³-hybridized carbons (Fsp3) is 0.579. The van der Waals surface area contributed by atoms with Gasteiger partial charge in [-0.25, -0.2) is 4.98 Å². The van der Waals surface area contributed by atoms with Crippen molar-refractivity contribution in [3.63, 3.8) is 0 Å². The zero-order valence-electron chi connectivity index (χ0n) is 14.3. The zero-order valence-corrected chi connectivity index (χ0v) is 15.1. The topological polar surface area (TPSA) is 36.4 Å². The molecule has 4 rings (SSSR count). The van der Waals surface area contributed by atoms with Crippen LogP contribution in [-0.4, -0.2) is 52.9 Å². The van der Waals surface area contributed by atoms with Gasteiger partial charge in [-0.1, -0.05) is 12.1 Å². The number of nitrogens with zero attached hydrogens (tertiary/aromatic N) is 3. The predicted octanol–water partition coefficient (Wildman–Crippen LogP) is 3.49. The van der Waals surface area contributed by atoms with Gasteiger partial charge in [0.1, 0.15) is 0 Å². The first-order chi connectivity index (χ1) is 11.7. The first-order valence-corrected chi connectivity index (χ1v) is 9.92. The van der Waals surface area contributed by atoms with Crippen molar-refractivity contribution in [2.24, 2.45) is 0 Å². The molecule has 24 heavy (non-hydrogen) atoms. The van der Waals surface area contributed by atoms with E-state index < -0.39 is 0 Å².